The van der Waals surface area contributed by atoms with Gasteiger partial charge in [0.2, 0.25) is 0 Å². The van der Waals surface area contributed by atoms with Gasteiger partial charge in [-0.1, -0.05) is 34.6 Å². The minimum absolute atomic E-state index is 0. The Balaban J connectivity index is 0.000000402. The molecule has 215 valence electrons. The molecule has 5 heteroatoms. The minimum Gasteiger partial charge on any atom is 0 e. The average Bonchev–Trinajstić information content (AvgIpc) is 2.87. The van der Waals surface area contributed by atoms with Crippen molar-refractivity contribution in [2.75, 3.05) is 0 Å². The summed E-state index contributed by atoms with van der Waals surface area (Å²) >= 11 is -1.85. The summed E-state index contributed by atoms with van der Waals surface area (Å²) in [5, 5.41) is 12.4. The van der Waals surface area contributed by atoms with E-state index in [1.807, 2.05) is 40.8 Å². The van der Waals surface area contributed by atoms with Crippen molar-refractivity contribution in [1.29, 1.82) is 0 Å². The minimum atomic E-state index is -1.85. The van der Waals surface area contributed by atoms with Gasteiger partial charge in [0.15, 0.2) is 5.78 Å². The van der Waals surface area contributed by atoms with Crippen LogP contribution in [-0.2, 0) is 24.9 Å². The van der Waals surface area contributed by atoms with Gasteiger partial charge in [-0.3, -0.25) is 4.79 Å². The number of ketones is 1. The molecule has 3 aromatic rings. The van der Waals surface area contributed by atoms with Crippen LogP contribution >= 0.6 is 0 Å². The number of aromatic nitrogens is 1. The van der Waals surface area contributed by atoms with Crippen LogP contribution in [0.2, 0.25) is 17.3 Å². The molecule has 1 heterocycles. The van der Waals surface area contributed by atoms with E-state index in [1.54, 1.807) is 0 Å². The summed E-state index contributed by atoms with van der Waals surface area (Å²) in [5.41, 5.74) is 4.26. The maximum atomic E-state index is 12.0. The first-order chi connectivity index (χ1) is 17.8. The number of benzene rings is 2. The van der Waals surface area contributed by atoms with Crippen molar-refractivity contribution in [3.8, 4) is 11.3 Å². The fraction of sp³-hybridized carbons (Fsp3) is 0.471. The van der Waals surface area contributed by atoms with E-state index in [4.69, 9.17) is 0 Å². The van der Waals surface area contributed by atoms with Gasteiger partial charge in [-0.25, -0.2) is 0 Å². The van der Waals surface area contributed by atoms with Crippen LogP contribution in [0.25, 0.3) is 22.0 Å². The van der Waals surface area contributed by atoms with Crippen molar-refractivity contribution in [2.24, 2.45) is 11.3 Å². The second-order valence-electron chi connectivity index (χ2n) is 11.8. The number of nitrogens with zero attached hydrogens (tertiary/aromatic N) is 1. The van der Waals surface area contributed by atoms with Crippen LogP contribution in [0.15, 0.2) is 54.4 Å². The van der Waals surface area contributed by atoms with Crippen LogP contribution in [-0.4, -0.2) is 29.1 Å². The third-order valence-corrected chi connectivity index (χ3v) is 12.2. The van der Waals surface area contributed by atoms with Gasteiger partial charge in [0.25, 0.3) is 0 Å². The summed E-state index contributed by atoms with van der Waals surface area (Å²) in [4.78, 5) is 16.7. The Kier molecular flexibility index (Phi) is 13.8. The van der Waals surface area contributed by atoms with Crippen LogP contribution in [0.3, 0.4) is 0 Å². The van der Waals surface area contributed by atoms with Crippen molar-refractivity contribution >= 4 is 34.2 Å². The molecule has 0 bridgehead atoms. The third kappa shape index (κ3) is 9.40. The molecule has 0 saturated heterocycles. The molecule has 0 aliphatic carbocycles. The number of carbonyl (C=O) groups excluding carboxylic acids is 1. The zero-order valence-corrected chi connectivity index (χ0v) is 30.2. The fourth-order valence-corrected chi connectivity index (χ4v) is 7.04. The zero-order chi connectivity index (χ0) is 28.7. The van der Waals surface area contributed by atoms with Gasteiger partial charge in [0.05, 0.1) is 5.76 Å². The molecule has 0 fully saturated rings. The normalized spacial score (nSPS) is 12.1. The zero-order valence-electron chi connectivity index (χ0n) is 25.7. The molecule has 0 unspecified atom stereocenters. The number of pyridine rings is 1. The molecule has 3 nitrogen and oxygen atoms in total. The molecule has 2 aromatic carbocycles. The SMILES string of the molecule is CCC(CC)/C(O)=C/C(=O)C(C)(CC)CC.Cc1[c-]c(-c2nccc3cc[c]([Ge]([CH3])([CH3])[CH3])cc23)cc(C)c1.[Ir]. The largest absolute Gasteiger partial charge is 0 e. The van der Waals surface area contributed by atoms with Crippen molar-refractivity contribution in [3.05, 3.63) is 71.6 Å². The Bertz CT molecular complexity index is 1250. The molecule has 39 heavy (non-hydrogen) atoms. The van der Waals surface area contributed by atoms with E-state index in [1.165, 1.54) is 32.4 Å². The van der Waals surface area contributed by atoms with Gasteiger partial charge >= 0.3 is 136 Å². The summed E-state index contributed by atoms with van der Waals surface area (Å²) in [5.74, 6) is 7.73. The van der Waals surface area contributed by atoms with Crippen LogP contribution in [0, 0.1) is 31.2 Å². The quantitative estimate of drug-likeness (QED) is 0.102. The van der Waals surface area contributed by atoms with Crippen LogP contribution in [0.1, 0.15) is 71.4 Å². The maximum absolute atomic E-state index is 12.0. The number of aryl methyl sites for hydroxylation is 2. The van der Waals surface area contributed by atoms with E-state index in [0.29, 0.717) is 0 Å². The molecule has 1 aromatic heterocycles. The second-order valence-corrected chi connectivity index (χ2v) is 22.5. The van der Waals surface area contributed by atoms with E-state index in [9.17, 15) is 9.90 Å². The second kappa shape index (κ2) is 15.3. The predicted molar refractivity (Wildman–Crippen MR) is 167 cm³/mol. The van der Waals surface area contributed by atoms with Gasteiger partial charge in [-0.2, -0.15) is 0 Å². The summed E-state index contributed by atoms with van der Waals surface area (Å²) in [6.45, 7) is 14.3. The summed E-state index contributed by atoms with van der Waals surface area (Å²) in [6, 6.07) is 16.8. The number of fused-ring (bicyclic) bond motifs is 1. The molecule has 0 aliphatic heterocycles. The summed E-state index contributed by atoms with van der Waals surface area (Å²) in [7, 11) is 0. The average molecular weight is 768 g/mol. The van der Waals surface area contributed by atoms with Crippen molar-refractivity contribution in [1.82, 2.24) is 4.98 Å². The summed E-state index contributed by atoms with van der Waals surface area (Å²) < 4.78 is 1.52. The Morgan fingerprint density at radius 1 is 1.03 bits per heavy atom. The van der Waals surface area contributed by atoms with Gasteiger partial charge in [-0.05, 0) is 25.7 Å². The Morgan fingerprint density at radius 3 is 2.15 bits per heavy atom. The van der Waals surface area contributed by atoms with Crippen LogP contribution in [0.4, 0.5) is 0 Å². The number of aliphatic hydroxyl groups excluding tert-OH is 1. The van der Waals surface area contributed by atoms with Gasteiger partial charge in [0, 0.05) is 37.5 Å². The Morgan fingerprint density at radius 2 is 1.64 bits per heavy atom. The van der Waals surface area contributed by atoms with Gasteiger partial charge in [0.1, 0.15) is 0 Å². The smallest absolute Gasteiger partial charge is 0 e. The Hall–Kier alpha value is -1.75. The summed E-state index contributed by atoms with van der Waals surface area (Å²) in [6.07, 6.45) is 6.73. The number of hydrogen-bond acceptors (Lipinski definition) is 3. The molecule has 1 radical (unpaired) electrons. The predicted octanol–water partition coefficient (Wildman–Crippen LogP) is 9.12. The molecule has 0 spiro atoms. The number of carbonyl (C=O) groups is 1. The molecule has 0 amide bonds. The molecular formula is C34H48GeIrNO2-. The molecule has 0 saturated carbocycles. The maximum Gasteiger partial charge on any atom is 0 e. The van der Waals surface area contributed by atoms with Crippen molar-refractivity contribution in [2.45, 2.75) is 91.4 Å². The first-order valence-electron chi connectivity index (χ1n) is 14.1. The topological polar surface area (TPSA) is 50.2 Å². The number of rotatable bonds is 9. The molecule has 0 aliphatic rings. The van der Waals surface area contributed by atoms with E-state index < -0.39 is 13.3 Å². The van der Waals surface area contributed by atoms with E-state index >= 15 is 0 Å². The molecule has 1 N–H and O–H groups in total. The standard InChI is InChI=1S/C20H22GeN.C14H26O2.Ir/c1-14-10-15(2)12-17(11-14)20-19-13-18(21(3,4)5)7-6-16(19)8-9-22-20;1-6-11(7-2)12(15)10-13(16)14(5,8-3)9-4;/h6-11,13H,1-5H3;10-11,15H,6-9H2,1-5H3;/q-1;;/b;12-10-;. The number of aliphatic hydroxyl groups is 1. The van der Waals surface area contributed by atoms with E-state index in [0.717, 1.165) is 36.9 Å². The Labute approximate surface area is 253 Å². The first-order valence-corrected chi connectivity index (χ1v) is 21.5. The third-order valence-electron chi connectivity index (χ3n) is 7.87. The van der Waals surface area contributed by atoms with Gasteiger partial charge in [-0.15, -0.1) is 0 Å². The number of allylic oxidation sites excluding steroid dienone is 2. The molecular weight excluding hydrogens is 719 g/mol. The van der Waals surface area contributed by atoms with Crippen LogP contribution in [0.5, 0.6) is 0 Å². The monoisotopic (exact) mass is 769 g/mol. The number of hydrogen-bond donors (Lipinski definition) is 1. The van der Waals surface area contributed by atoms with Crippen molar-refractivity contribution < 1.29 is 30.0 Å². The van der Waals surface area contributed by atoms with E-state index in [2.05, 4.69) is 78.6 Å². The fourth-order valence-electron chi connectivity index (χ4n) is 4.60. The molecule has 3 rings (SSSR count). The van der Waals surface area contributed by atoms with Crippen LogP contribution < -0.4 is 4.40 Å². The van der Waals surface area contributed by atoms with Crippen molar-refractivity contribution in [3.63, 3.8) is 0 Å². The first kappa shape index (κ1) is 35.3. The van der Waals surface area contributed by atoms with Gasteiger partial charge < -0.3 is 5.11 Å². The molecule has 0 atom stereocenters. The van der Waals surface area contributed by atoms with E-state index in [-0.39, 0.29) is 43.0 Å².